The number of hydrogen-bond acceptors (Lipinski definition) is 4. The Morgan fingerprint density at radius 3 is 2.64 bits per heavy atom. The number of rotatable bonds is 5. The van der Waals surface area contributed by atoms with Gasteiger partial charge in [0.05, 0.1) is 32.1 Å². The van der Waals surface area contributed by atoms with Crippen molar-refractivity contribution in [2.75, 3.05) is 19.5 Å². The van der Waals surface area contributed by atoms with Crippen LogP contribution in [0.5, 0.6) is 11.5 Å². The van der Waals surface area contributed by atoms with E-state index in [0.717, 1.165) is 22.8 Å². The van der Waals surface area contributed by atoms with Crippen molar-refractivity contribution in [3.63, 3.8) is 0 Å². The molecule has 0 fully saturated rings. The lowest BCUT2D eigenvalue weighted by molar-refractivity contribution is 0.405. The van der Waals surface area contributed by atoms with E-state index in [1.54, 1.807) is 14.2 Å². The van der Waals surface area contributed by atoms with Crippen LogP contribution < -0.4 is 20.1 Å². The number of nitrogens with zero attached hydrogens (tertiary/aromatic N) is 2. The molecule has 0 amide bonds. The zero-order chi connectivity index (χ0) is 16.1. The third-order valence-electron chi connectivity index (χ3n) is 3.25. The Labute approximate surface area is 135 Å². The fourth-order valence-corrected chi connectivity index (χ4v) is 2.15. The summed E-state index contributed by atoms with van der Waals surface area (Å²) in [5, 5.41) is 11.1. The number of benzene rings is 1. The summed E-state index contributed by atoms with van der Waals surface area (Å²) in [6, 6.07) is 7.50. The molecule has 2 rings (SSSR count). The van der Waals surface area contributed by atoms with Crippen LogP contribution in [0, 0.1) is 6.92 Å². The number of thiocarbonyl (C=S) groups is 1. The van der Waals surface area contributed by atoms with Gasteiger partial charge in [-0.1, -0.05) is 0 Å². The number of ether oxygens (including phenoxy) is 2. The molecular formula is C15H20N4O2S. The summed E-state index contributed by atoms with van der Waals surface area (Å²) in [6.07, 6.45) is 0. The van der Waals surface area contributed by atoms with Gasteiger partial charge in [-0.15, -0.1) is 0 Å². The molecule has 2 aromatic rings. The summed E-state index contributed by atoms with van der Waals surface area (Å²) in [4.78, 5) is 0. The van der Waals surface area contributed by atoms with Crippen molar-refractivity contribution in [2.45, 2.75) is 13.5 Å². The van der Waals surface area contributed by atoms with E-state index in [4.69, 9.17) is 21.7 Å². The second-order valence-corrected chi connectivity index (χ2v) is 5.18. The van der Waals surface area contributed by atoms with Gasteiger partial charge in [-0.25, -0.2) is 0 Å². The van der Waals surface area contributed by atoms with Crippen LogP contribution in [0.3, 0.4) is 0 Å². The molecule has 6 nitrogen and oxygen atoms in total. The van der Waals surface area contributed by atoms with Crippen LogP contribution in [-0.2, 0) is 13.6 Å². The van der Waals surface area contributed by atoms with Crippen molar-refractivity contribution >= 4 is 23.0 Å². The van der Waals surface area contributed by atoms with Crippen LogP contribution in [0.4, 0.5) is 5.69 Å². The van der Waals surface area contributed by atoms with E-state index in [1.807, 2.05) is 42.9 Å². The largest absolute Gasteiger partial charge is 0.497 e. The molecule has 0 unspecified atom stereocenters. The van der Waals surface area contributed by atoms with Crippen molar-refractivity contribution in [3.05, 3.63) is 35.7 Å². The molecule has 22 heavy (non-hydrogen) atoms. The molecule has 0 saturated heterocycles. The Bertz CT molecular complexity index is 650. The van der Waals surface area contributed by atoms with Gasteiger partial charge in [0.2, 0.25) is 0 Å². The monoisotopic (exact) mass is 320 g/mol. The standard InChI is InChI=1S/C15H20N4O2S/c1-10-7-11(18-19(10)2)9-16-15(22)17-13-8-12(20-3)5-6-14(13)21-4/h5-8H,9H2,1-4H3,(H2,16,17,22). The minimum atomic E-state index is 0.495. The highest BCUT2D eigenvalue weighted by Crippen LogP contribution is 2.28. The SMILES string of the molecule is COc1ccc(OC)c(NC(=S)NCc2cc(C)n(C)n2)c1. The predicted octanol–water partition coefficient (Wildman–Crippen LogP) is 2.23. The number of hydrogen-bond donors (Lipinski definition) is 2. The highest BCUT2D eigenvalue weighted by atomic mass is 32.1. The highest BCUT2D eigenvalue weighted by molar-refractivity contribution is 7.80. The molecule has 0 spiro atoms. The van der Waals surface area contributed by atoms with E-state index in [2.05, 4.69) is 15.7 Å². The summed E-state index contributed by atoms with van der Waals surface area (Å²) < 4.78 is 12.3. The predicted molar refractivity (Wildman–Crippen MR) is 90.6 cm³/mol. The number of nitrogens with one attached hydrogen (secondary N) is 2. The average Bonchev–Trinajstić information content (AvgIpc) is 2.83. The fourth-order valence-electron chi connectivity index (χ4n) is 1.97. The smallest absolute Gasteiger partial charge is 0.171 e. The zero-order valence-corrected chi connectivity index (χ0v) is 14.0. The van der Waals surface area contributed by atoms with Crippen molar-refractivity contribution in [2.24, 2.45) is 7.05 Å². The minimum Gasteiger partial charge on any atom is -0.497 e. The molecule has 1 aromatic carbocycles. The maximum Gasteiger partial charge on any atom is 0.171 e. The first kappa shape index (κ1) is 16.1. The van der Waals surface area contributed by atoms with Gasteiger partial charge >= 0.3 is 0 Å². The molecule has 1 heterocycles. The van der Waals surface area contributed by atoms with Crippen LogP contribution >= 0.6 is 12.2 Å². The van der Waals surface area contributed by atoms with Crippen molar-refractivity contribution in [1.29, 1.82) is 0 Å². The first-order valence-corrected chi connectivity index (χ1v) is 7.20. The van der Waals surface area contributed by atoms with Gasteiger partial charge in [0.15, 0.2) is 5.11 Å². The Hall–Kier alpha value is -2.28. The summed E-state index contributed by atoms with van der Waals surface area (Å²) >= 11 is 5.31. The van der Waals surface area contributed by atoms with Crippen LogP contribution in [0.15, 0.2) is 24.3 Å². The van der Waals surface area contributed by atoms with Gasteiger partial charge in [0, 0.05) is 18.8 Å². The Kier molecular flexibility index (Phi) is 5.21. The maximum atomic E-state index is 5.31. The quantitative estimate of drug-likeness (QED) is 0.824. The molecule has 0 radical (unpaired) electrons. The molecule has 0 aliphatic carbocycles. The van der Waals surface area contributed by atoms with Crippen molar-refractivity contribution < 1.29 is 9.47 Å². The average molecular weight is 320 g/mol. The van der Waals surface area contributed by atoms with Gasteiger partial charge < -0.3 is 20.1 Å². The molecule has 7 heteroatoms. The molecule has 0 aliphatic heterocycles. The van der Waals surface area contributed by atoms with Crippen LogP contribution in [-0.4, -0.2) is 29.1 Å². The Morgan fingerprint density at radius 2 is 2.05 bits per heavy atom. The number of methoxy groups -OCH3 is 2. The molecule has 0 saturated carbocycles. The van der Waals surface area contributed by atoms with Gasteiger partial charge in [-0.2, -0.15) is 5.10 Å². The van der Waals surface area contributed by atoms with Gasteiger partial charge in [0.1, 0.15) is 11.5 Å². The van der Waals surface area contributed by atoms with Crippen LogP contribution in [0.2, 0.25) is 0 Å². The molecule has 118 valence electrons. The summed E-state index contributed by atoms with van der Waals surface area (Å²) in [7, 11) is 5.14. The normalized spacial score (nSPS) is 10.2. The van der Waals surface area contributed by atoms with Gasteiger partial charge in [-0.05, 0) is 37.3 Å². The minimum absolute atomic E-state index is 0.495. The molecule has 1 aromatic heterocycles. The summed E-state index contributed by atoms with van der Waals surface area (Å²) in [5.41, 5.74) is 2.78. The Balaban J connectivity index is 1.99. The van der Waals surface area contributed by atoms with Gasteiger partial charge in [0.25, 0.3) is 0 Å². The number of aryl methyl sites for hydroxylation is 2. The van der Waals surface area contributed by atoms with E-state index >= 15 is 0 Å². The van der Waals surface area contributed by atoms with Crippen LogP contribution in [0.1, 0.15) is 11.4 Å². The summed E-state index contributed by atoms with van der Waals surface area (Å²) in [5.74, 6) is 1.42. The topological polar surface area (TPSA) is 60.3 Å². The lowest BCUT2D eigenvalue weighted by atomic mass is 10.2. The van der Waals surface area contributed by atoms with E-state index < -0.39 is 0 Å². The third kappa shape index (κ3) is 3.88. The maximum absolute atomic E-state index is 5.31. The first-order valence-electron chi connectivity index (χ1n) is 6.80. The highest BCUT2D eigenvalue weighted by Gasteiger charge is 2.07. The van der Waals surface area contributed by atoms with E-state index in [9.17, 15) is 0 Å². The van der Waals surface area contributed by atoms with Crippen molar-refractivity contribution in [3.8, 4) is 11.5 Å². The lowest BCUT2D eigenvalue weighted by Gasteiger charge is -2.14. The van der Waals surface area contributed by atoms with E-state index in [1.165, 1.54) is 0 Å². The van der Waals surface area contributed by atoms with Crippen molar-refractivity contribution in [1.82, 2.24) is 15.1 Å². The molecular weight excluding hydrogens is 300 g/mol. The summed E-state index contributed by atoms with van der Waals surface area (Å²) in [6.45, 7) is 2.56. The lowest BCUT2D eigenvalue weighted by Crippen LogP contribution is -2.28. The molecule has 0 aliphatic rings. The second kappa shape index (κ2) is 7.13. The Morgan fingerprint density at radius 1 is 1.27 bits per heavy atom. The first-order chi connectivity index (χ1) is 10.5. The van der Waals surface area contributed by atoms with Gasteiger partial charge in [-0.3, -0.25) is 4.68 Å². The molecule has 0 bridgehead atoms. The van der Waals surface area contributed by atoms with Crippen LogP contribution in [0.25, 0.3) is 0 Å². The van der Waals surface area contributed by atoms with E-state index in [-0.39, 0.29) is 0 Å². The molecule has 0 atom stereocenters. The fraction of sp³-hybridized carbons (Fsp3) is 0.333. The second-order valence-electron chi connectivity index (χ2n) is 4.77. The molecule has 2 N–H and O–H groups in total. The third-order valence-corrected chi connectivity index (χ3v) is 3.50. The van der Waals surface area contributed by atoms with E-state index in [0.29, 0.717) is 17.4 Å². The number of aromatic nitrogens is 2. The number of anilines is 1. The zero-order valence-electron chi connectivity index (χ0n) is 13.1.